The second-order valence-electron chi connectivity index (χ2n) is 6.15. The first-order valence-corrected chi connectivity index (χ1v) is 11.2. The normalized spacial score (nSPS) is 11.2. The third-order valence-electron chi connectivity index (χ3n) is 4.03. The summed E-state index contributed by atoms with van der Waals surface area (Å²) in [5, 5.41) is 11.2. The minimum absolute atomic E-state index is 0.0498. The van der Waals surface area contributed by atoms with E-state index in [0.29, 0.717) is 32.7 Å². The second kappa shape index (κ2) is 9.42. The first-order chi connectivity index (χ1) is 14.3. The molecule has 10 heteroatoms. The van der Waals surface area contributed by atoms with Gasteiger partial charge in [0.15, 0.2) is 21.5 Å². The third kappa shape index (κ3) is 5.47. The van der Waals surface area contributed by atoms with Gasteiger partial charge in [0.2, 0.25) is 0 Å². The lowest BCUT2D eigenvalue weighted by atomic mass is 10.1. The molecule has 1 N–H and O–H groups in total. The number of nitrogens with zero attached hydrogens (tertiary/aromatic N) is 2. The van der Waals surface area contributed by atoms with Gasteiger partial charge in [-0.25, -0.2) is 8.42 Å². The summed E-state index contributed by atoms with van der Waals surface area (Å²) in [6.45, 7) is 1.30. The first kappa shape index (κ1) is 22.0. The van der Waals surface area contributed by atoms with Crippen molar-refractivity contribution in [3.8, 4) is 17.0 Å². The van der Waals surface area contributed by atoms with Crippen molar-refractivity contribution in [1.82, 2.24) is 10.2 Å². The zero-order valence-electron chi connectivity index (χ0n) is 15.8. The molecule has 1 heterocycles. The van der Waals surface area contributed by atoms with Crippen LogP contribution in [0.2, 0.25) is 10.0 Å². The van der Waals surface area contributed by atoms with Crippen LogP contribution in [0.25, 0.3) is 11.3 Å². The molecule has 30 heavy (non-hydrogen) atoms. The molecule has 3 aromatic rings. The van der Waals surface area contributed by atoms with Crippen molar-refractivity contribution >= 4 is 44.6 Å². The standard InChI is InChI=1S/C20H17Cl2N3O4S/c1-2-30(27,28)20-9-7-17(24-25-20)13-4-3-5-15(10-13)23-19(26)12-29-18-8-6-14(21)11-16(18)22/h3-11H,2,12H2,1H3,(H,23,26). The third-order valence-corrected chi connectivity index (χ3v) is 6.18. The Balaban J connectivity index is 1.67. The monoisotopic (exact) mass is 465 g/mol. The van der Waals surface area contributed by atoms with Crippen molar-refractivity contribution in [2.45, 2.75) is 11.9 Å². The van der Waals surface area contributed by atoms with Gasteiger partial charge in [0.25, 0.3) is 5.91 Å². The van der Waals surface area contributed by atoms with Crippen LogP contribution >= 0.6 is 23.2 Å². The summed E-state index contributed by atoms with van der Waals surface area (Å²) in [6, 6.07) is 14.6. The Morgan fingerprint density at radius 2 is 1.87 bits per heavy atom. The van der Waals surface area contributed by atoms with Gasteiger partial charge in [-0.3, -0.25) is 4.79 Å². The average Bonchev–Trinajstić information content (AvgIpc) is 2.73. The van der Waals surface area contributed by atoms with Crippen molar-refractivity contribution in [1.29, 1.82) is 0 Å². The van der Waals surface area contributed by atoms with Gasteiger partial charge in [-0.1, -0.05) is 42.3 Å². The minimum atomic E-state index is -3.42. The Hall–Kier alpha value is -2.68. The smallest absolute Gasteiger partial charge is 0.262 e. The van der Waals surface area contributed by atoms with Crippen molar-refractivity contribution in [3.63, 3.8) is 0 Å². The number of benzene rings is 2. The molecule has 0 aliphatic heterocycles. The van der Waals surface area contributed by atoms with E-state index >= 15 is 0 Å². The van der Waals surface area contributed by atoms with E-state index in [0.717, 1.165) is 0 Å². The molecular weight excluding hydrogens is 449 g/mol. The fraction of sp³-hybridized carbons (Fsp3) is 0.150. The Labute approximate surface area is 183 Å². The number of nitrogens with one attached hydrogen (secondary N) is 1. The molecule has 0 radical (unpaired) electrons. The van der Waals surface area contributed by atoms with Crippen molar-refractivity contribution in [3.05, 3.63) is 64.6 Å². The fourth-order valence-electron chi connectivity index (χ4n) is 2.48. The largest absolute Gasteiger partial charge is 0.482 e. The lowest BCUT2D eigenvalue weighted by Crippen LogP contribution is -2.20. The van der Waals surface area contributed by atoms with E-state index < -0.39 is 9.84 Å². The summed E-state index contributed by atoms with van der Waals surface area (Å²) >= 11 is 11.9. The Kier molecular flexibility index (Phi) is 6.91. The van der Waals surface area contributed by atoms with Gasteiger partial charge >= 0.3 is 0 Å². The highest BCUT2D eigenvalue weighted by Crippen LogP contribution is 2.27. The Morgan fingerprint density at radius 3 is 2.53 bits per heavy atom. The number of anilines is 1. The van der Waals surface area contributed by atoms with Gasteiger partial charge in [-0.15, -0.1) is 10.2 Å². The zero-order chi connectivity index (χ0) is 21.7. The quantitative estimate of drug-likeness (QED) is 0.559. The number of rotatable bonds is 7. The summed E-state index contributed by atoms with van der Waals surface area (Å²) in [4.78, 5) is 12.2. The molecule has 0 aliphatic carbocycles. The predicted molar refractivity (Wildman–Crippen MR) is 116 cm³/mol. The topological polar surface area (TPSA) is 98.2 Å². The summed E-state index contributed by atoms with van der Waals surface area (Å²) in [6.07, 6.45) is 0. The highest BCUT2D eigenvalue weighted by Gasteiger charge is 2.14. The molecule has 0 saturated carbocycles. The molecule has 0 spiro atoms. The lowest BCUT2D eigenvalue weighted by Gasteiger charge is -2.10. The van der Waals surface area contributed by atoms with Crippen LogP contribution in [-0.4, -0.2) is 36.9 Å². The minimum Gasteiger partial charge on any atom is -0.482 e. The molecule has 0 saturated heterocycles. The summed E-state index contributed by atoms with van der Waals surface area (Å²) < 4.78 is 29.1. The molecule has 0 bridgehead atoms. The van der Waals surface area contributed by atoms with E-state index in [1.807, 2.05) is 0 Å². The molecule has 3 rings (SSSR count). The molecule has 156 valence electrons. The van der Waals surface area contributed by atoms with Crippen LogP contribution in [-0.2, 0) is 14.6 Å². The molecule has 1 amide bonds. The molecule has 0 unspecified atom stereocenters. The number of hydrogen-bond donors (Lipinski definition) is 1. The highest BCUT2D eigenvalue weighted by atomic mass is 35.5. The van der Waals surface area contributed by atoms with Gasteiger partial charge in [0, 0.05) is 16.3 Å². The van der Waals surface area contributed by atoms with E-state index in [2.05, 4.69) is 15.5 Å². The number of carbonyl (C=O) groups excluding carboxylic acids is 1. The number of aromatic nitrogens is 2. The number of amides is 1. The molecule has 0 fully saturated rings. The van der Waals surface area contributed by atoms with Crippen LogP contribution in [0.4, 0.5) is 5.69 Å². The zero-order valence-corrected chi connectivity index (χ0v) is 18.1. The highest BCUT2D eigenvalue weighted by molar-refractivity contribution is 7.91. The predicted octanol–water partition coefficient (Wildman–Crippen LogP) is 4.26. The van der Waals surface area contributed by atoms with Crippen LogP contribution in [0.1, 0.15) is 6.92 Å². The number of ether oxygens (including phenoxy) is 1. The maximum atomic E-state index is 12.2. The maximum Gasteiger partial charge on any atom is 0.262 e. The fourth-order valence-corrected chi connectivity index (χ4v) is 3.68. The van der Waals surface area contributed by atoms with Gasteiger partial charge in [0.1, 0.15) is 5.75 Å². The summed E-state index contributed by atoms with van der Waals surface area (Å²) in [5.74, 6) is -0.0812. The summed E-state index contributed by atoms with van der Waals surface area (Å²) in [7, 11) is -3.42. The van der Waals surface area contributed by atoms with E-state index in [9.17, 15) is 13.2 Å². The van der Waals surface area contributed by atoms with Gasteiger partial charge in [0.05, 0.1) is 16.5 Å². The maximum absolute atomic E-state index is 12.2. The van der Waals surface area contributed by atoms with Crippen molar-refractivity contribution in [2.24, 2.45) is 0 Å². The number of hydrogen-bond acceptors (Lipinski definition) is 6. The van der Waals surface area contributed by atoms with E-state index in [1.165, 1.54) is 12.1 Å². The molecule has 2 aromatic carbocycles. The van der Waals surface area contributed by atoms with Gasteiger partial charge in [-0.05, 0) is 42.5 Å². The second-order valence-corrected chi connectivity index (χ2v) is 9.22. The van der Waals surface area contributed by atoms with Crippen LogP contribution < -0.4 is 10.1 Å². The molecule has 7 nitrogen and oxygen atoms in total. The van der Waals surface area contributed by atoms with E-state index in [-0.39, 0.29) is 23.3 Å². The van der Waals surface area contributed by atoms with Gasteiger partial charge in [-0.2, -0.15) is 0 Å². The Bertz CT molecular complexity index is 1170. The molecular formula is C20H17Cl2N3O4S. The lowest BCUT2D eigenvalue weighted by molar-refractivity contribution is -0.118. The van der Waals surface area contributed by atoms with Gasteiger partial charge < -0.3 is 10.1 Å². The van der Waals surface area contributed by atoms with Crippen molar-refractivity contribution < 1.29 is 17.9 Å². The molecule has 0 atom stereocenters. The van der Waals surface area contributed by atoms with Crippen LogP contribution in [0.5, 0.6) is 5.75 Å². The average molecular weight is 466 g/mol. The van der Waals surface area contributed by atoms with E-state index in [1.54, 1.807) is 49.4 Å². The number of sulfone groups is 1. The van der Waals surface area contributed by atoms with Crippen LogP contribution in [0, 0.1) is 0 Å². The summed E-state index contributed by atoms with van der Waals surface area (Å²) in [5.41, 5.74) is 1.67. The SMILES string of the molecule is CCS(=O)(=O)c1ccc(-c2cccc(NC(=O)COc3ccc(Cl)cc3Cl)c2)nn1. The van der Waals surface area contributed by atoms with Crippen LogP contribution in [0.3, 0.4) is 0 Å². The molecule has 1 aromatic heterocycles. The van der Waals surface area contributed by atoms with Crippen LogP contribution in [0.15, 0.2) is 59.6 Å². The molecule has 0 aliphatic rings. The Morgan fingerprint density at radius 1 is 1.07 bits per heavy atom. The number of halogens is 2. The van der Waals surface area contributed by atoms with Crippen molar-refractivity contribution in [2.75, 3.05) is 17.7 Å². The number of carbonyl (C=O) groups is 1. The van der Waals surface area contributed by atoms with E-state index in [4.69, 9.17) is 27.9 Å². The first-order valence-electron chi connectivity index (χ1n) is 8.83.